The first-order chi connectivity index (χ1) is 17.5. The van der Waals surface area contributed by atoms with E-state index in [-0.39, 0.29) is 34.6 Å². The molecule has 0 radical (unpaired) electrons. The Bertz CT molecular complexity index is 1300. The van der Waals surface area contributed by atoms with E-state index >= 15 is 0 Å². The van der Waals surface area contributed by atoms with Crippen LogP contribution in [0.1, 0.15) is 19.3 Å². The van der Waals surface area contributed by atoms with E-state index in [1.165, 1.54) is 23.5 Å². The van der Waals surface area contributed by atoms with Crippen LogP contribution in [0.4, 0.5) is 0 Å². The molecule has 2 heterocycles. The Kier molecular flexibility index (Phi) is 8.96. The minimum Gasteiger partial charge on any atom is -0.491 e. The van der Waals surface area contributed by atoms with Gasteiger partial charge in [0.05, 0.1) is 22.0 Å². The van der Waals surface area contributed by atoms with Crippen molar-refractivity contribution in [3.05, 3.63) is 53.0 Å². The summed E-state index contributed by atoms with van der Waals surface area (Å²) in [5, 5.41) is 13.7. The number of aliphatic hydroxyl groups excluding tert-OH is 1. The van der Waals surface area contributed by atoms with E-state index in [9.17, 15) is 21.9 Å². The molecule has 1 spiro atoms. The molecule has 13 heteroatoms. The highest BCUT2D eigenvalue weighted by Crippen LogP contribution is 2.38. The molecule has 2 atom stereocenters. The summed E-state index contributed by atoms with van der Waals surface area (Å²) >= 11 is 3.34. The molecule has 0 saturated carbocycles. The van der Waals surface area contributed by atoms with Crippen LogP contribution in [-0.4, -0.2) is 83.9 Å². The summed E-state index contributed by atoms with van der Waals surface area (Å²) in [7, 11) is -5.83. The molecule has 2 aliphatic rings. The molecule has 2 aromatic rings. The monoisotopic (exact) mass is 617 g/mol. The van der Waals surface area contributed by atoms with Gasteiger partial charge in [-0.1, -0.05) is 18.2 Å². The Labute approximate surface area is 226 Å². The molecule has 204 valence electrons. The van der Waals surface area contributed by atoms with Crippen LogP contribution in [0.2, 0.25) is 0 Å². The number of nitrogens with one attached hydrogen (secondary N) is 2. The number of sulfonamides is 2. The predicted octanol–water partition coefficient (Wildman–Crippen LogP) is 1.70. The summed E-state index contributed by atoms with van der Waals surface area (Å²) < 4.78 is 66.1. The van der Waals surface area contributed by atoms with Gasteiger partial charge in [-0.25, -0.2) is 21.6 Å². The van der Waals surface area contributed by atoms with Gasteiger partial charge in [0.1, 0.15) is 18.5 Å². The van der Waals surface area contributed by atoms with Crippen molar-refractivity contribution in [3.8, 4) is 5.75 Å². The highest BCUT2D eigenvalue weighted by Gasteiger charge is 2.45. The summed E-state index contributed by atoms with van der Waals surface area (Å²) in [6, 6.07) is 12.9. The number of aliphatic hydroxyl groups is 1. The fraction of sp³-hybridized carbons (Fsp3) is 0.500. The first kappa shape index (κ1) is 28.4. The highest BCUT2D eigenvalue weighted by molar-refractivity contribution is 9.10. The molecule has 3 N–H and O–H groups in total. The number of hydrogen-bond acceptors (Lipinski definition) is 8. The molecule has 37 heavy (non-hydrogen) atoms. The van der Waals surface area contributed by atoms with Gasteiger partial charge in [0.25, 0.3) is 0 Å². The topological polar surface area (TPSA) is 134 Å². The van der Waals surface area contributed by atoms with Gasteiger partial charge in [0, 0.05) is 36.2 Å². The molecular weight excluding hydrogens is 586 g/mol. The molecule has 2 fully saturated rings. The van der Waals surface area contributed by atoms with Crippen molar-refractivity contribution in [1.82, 2.24) is 14.3 Å². The van der Waals surface area contributed by atoms with Crippen LogP contribution < -0.4 is 14.8 Å². The molecule has 2 aliphatic heterocycles. The van der Waals surface area contributed by atoms with Crippen molar-refractivity contribution >= 4 is 36.0 Å². The highest BCUT2D eigenvalue weighted by atomic mass is 79.9. The van der Waals surface area contributed by atoms with E-state index in [2.05, 4.69) is 26.0 Å². The average molecular weight is 619 g/mol. The normalized spacial score (nSPS) is 21.2. The number of halogens is 1. The van der Waals surface area contributed by atoms with Crippen molar-refractivity contribution < 1.29 is 31.4 Å². The third-order valence-corrected chi connectivity index (χ3v) is 11.1. The van der Waals surface area contributed by atoms with Gasteiger partial charge < -0.3 is 19.9 Å². The zero-order valence-electron chi connectivity index (χ0n) is 20.5. The van der Waals surface area contributed by atoms with Crippen LogP contribution in [0, 0.1) is 0 Å². The molecule has 0 amide bonds. The van der Waals surface area contributed by atoms with Crippen LogP contribution in [0.5, 0.6) is 5.75 Å². The van der Waals surface area contributed by atoms with Crippen LogP contribution in [0.25, 0.3) is 0 Å². The zero-order chi connectivity index (χ0) is 26.7. The van der Waals surface area contributed by atoms with Gasteiger partial charge in [-0.15, -0.1) is 0 Å². The number of benzene rings is 2. The van der Waals surface area contributed by atoms with E-state index in [0.717, 1.165) is 6.42 Å². The molecule has 4 rings (SSSR count). The zero-order valence-corrected chi connectivity index (χ0v) is 23.7. The lowest BCUT2D eigenvalue weighted by Crippen LogP contribution is -2.47. The first-order valence-electron chi connectivity index (χ1n) is 12.0. The second-order valence-corrected chi connectivity index (χ2v) is 13.9. The SMILES string of the molecule is CNS(=O)(=O)c1cccc(OC[C@@H](O)CNC2COC3(CCN(S(=O)(=O)c4ccccc4Br)CC3)C2)c1. The van der Waals surface area contributed by atoms with Crippen LogP contribution in [0.3, 0.4) is 0 Å². The summed E-state index contributed by atoms with van der Waals surface area (Å²) in [5.41, 5.74) is -0.377. The van der Waals surface area contributed by atoms with Crippen LogP contribution >= 0.6 is 15.9 Å². The summed E-state index contributed by atoms with van der Waals surface area (Å²) in [6.45, 7) is 1.52. The van der Waals surface area contributed by atoms with E-state index < -0.39 is 26.2 Å². The molecule has 2 aromatic carbocycles. The molecule has 1 unspecified atom stereocenters. The maximum atomic E-state index is 13.1. The Morgan fingerprint density at radius 1 is 1.16 bits per heavy atom. The van der Waals surface area contributed by atoms with Crippen molar-refractivity contribution in [2.24, 2.45) is 0 Å². The maximum Gasteiger partial charge on any atom is 0.244 e. The quantitative estimate of drug-likeness (QED) is 0.367. The third kappa shape index (κ3) is 6.71. The van der Waals surface area contributed by atoms with Crippen molar-refractivity contribution in [1.29, 1.82) is 0 Å². The van der Waals surface area contributed by atoms with E-state index in [1.54, 1.807) is 36.4 Å². The minimum atomic E-state index is -3.58. The predicted molar refractivity (Wildman–Crippen MR) is 141 cm³/mol. The number of ether oxygens (including phenoxy) is 2. The van der Waals surface area contributed by atoms with Gasteiger partial charge >= 0.3 is 0 Å². The number of nitrogens with zero attached hydrogens (tertiary/aromatic N) is 1. The van der Waals surface area contributed by atoms with Gasteiger partial charge in [0.15, 0.2) is 0 Å². The van der Waals surface area contributed by atoms with Gasteiger partial charge in [-0.2, -0.15) is 4.31 Å². The summed E-state index contributed by atoms with van der Waals surface area (Å²) in [4.78, 5) is 0.355. The van der Waals surface area contributed by atoms with Crippen molar-refractivity contribution in [2.75, 3.05) is 39.9 Å². The van der Waals surface area contributed by atoms with E-state index in [1.807, 2.05) is 0 Å². The molecule has 0 bridgehead atoms. The fourth-order valence-corrected chi connectivity index (χ4v) is 7.82. The average Bonchev–Trinajstić information content (AvgIpc) is 3.29. The molecule has 2 saturated heterocycles. The molecule has 0 aromatic heterocycles. The van der Waals surface area contributed by atoms with Crippen molar-refractivity contribution in [3.63, 3.8) is 0 Å². The Morgan fingerprint density at radius 2 is 1.89 bits per heavy atom. The van der Waals surface area contributed by atoms with E-state index in [0.29, 0.717) is 42.8 Å². The molecular formula is C24H32BrN3O7S2. The van der Waals surface area contributed by atoms with Gasteiger partial charge in [0.2, 0.25) is 20.0 Å². The van der Waals surface area contributed by atoms with Crippen molar-refractivity contribution in [2.45, 2.75) is 46.8 Å². The Morgan fingerprint density at radius 3 is 2.59 bits per heavy atom. The molecule has 0 aliphatic carbocycles. The fourth-order valence-electron chi connectivity index (χ4n) is 4.65. The smallest absolute Gasteiger partial charge is 0.244 e. The lowest BCUT2D eigenvalue weighted by Gasteiger charge is -2.38. The second-order valence-electron chi connectivity index (χ2n) is 9.29. The Balaban J connectivity index is 1.23. The first-order valence-corrected chi connectivity index (χ1v) is 15.7. The minimum absolute atomic E-state index is 0.00333. The standard InChI is InChI=1S/C24H32BrN3O7S2/c1-26-36(30,31)21-6-4-5-20(13-21)34-17-19(29)15-27-18-14-24(35-16-18)9-11-28(12-10-24)37(32,33)23-8-3-2-7-22(23)25/h2-8,13,18-19,26-27,29H,9-12,14-17H2,1H3/t18?,19-/m0/s1. The number of hydrogen-bond donors (Lipinski definition) is 3. The van der Waals surface area contributed by atoms with Gasteiger partial charge in [-0.3, -0.25) is 0 Å². The lowest BCUT2D eigenvalue weighted by atomic mass is 9.88. The molecule has 10 nitrogen and oxygen atoms in total. The summed E-state index contributed by atoms with van der Waals surface area (Å²) in [5.74, 6) is 0.350. The number of piperidine rings is 1. The van der Waals surface area contributed by atoms with Crippen LogP contribution in [-0.2, 0) is 24.8 Å². The second kappa shape index (κ2) is 11.7. The largest absolute Gasteiger partial charge is 0.491 e. The summed E-state index contributed by atoms with van der Waals surface area (Å²) in [6.07, 6.45) is 1.13. The third-order valence-electron chi connectivity index (χ3n) is 6.77. The Hall–Kier alpha value is -1.58. The number of rotatable bonds is 10. The van der Waals surface area contributed by atoms with E-state index in [4.69, 9.17) is 9.47 Å². The lowest BCUT2D eigenvalue weighted by molar-refractivity contribution is -0.0312. The van der Waals surface area contributed by atoms with Gasteiger partial charge in [-0.05, 0) is 66.5 Å². The van der Waals surface area contributed by atoms with Crippen LogP contribution in [0.15, 0.2) is 62.8 Å². The maximum absolute atomic E-state index is 13.1.